The first-order valence-corrected chi connectivity index (χ1v) is 6.18. The van der Waals surface area contributed by atoms with Crippen LogP contribution in [0.5, 0.6) is 0 Å². The Morgan fingerprint density at radius 3 is 2.81 bits per heavy atom. The summed E-state index contributed by atoms with van der Waals surface area (Å²) in [6, 6.07) is 7.95. The molecule has 0 radical (unpaired) electrons. The van der Waals surface area contributed by atoms with Crippen molar-refractivity contribution in [3.8, 4) is 0 Å². The molecule has 2 nitrogen and oxygen atoms in total. The molecule has 2 rings (SSSR count). The number of benzene rings is 1. The predicted molar refractivity (Wildman–Crippen MR) is 68.7 cm³/mol. The lowest BCUT2D eigenvalue weighted by molar-refractivity contribution is 0.336. The first-order valence-electron chi connectivity index (χ1n) is 6.18. The summed E-state index contributed by atoms with van der Waals surface area (Å²) < 4.78 is 0. The Morgan fingerprint density at radius 2 is 2.12 bits per heavy atom. The highest BCUT2D eigenvalue weighted by Crippen LogP contribution is 2.26. The highest BCUT2D eigenvalue weighted by molar-refractivity contribution is 5.33. The standard InChI is InChI=1S/C14H22N2/c1-10-4-5-13(11(2)8-10)14-9-12(15-3)6-7-16-14/h4-5,8,12,14-16H,6-7,9H2,1-3H3. The molecule has 0 bridgehead atoms. The molecule has 88 valence electrons. The van der Waals surface area contributed by atoms with Gasteiger partial charge in [0, 0.05) is 12.1 Å². The van der Waals surface area contributed by atoms with E-state index in [1.54, 1.807) is 0 Å². The van der Waals surface area contributed by atoms with Crippen molar-refractivity contribution in [2.45, 2.75) is 38.8 Å². The minimum atomic E-state index is 0.520. The van der Waals surface area contributed by atoms with E-state index in [2.05, 4.69) is 49.7 Å². The zero-order chi connectivity index (χ0) is 11.5. The molecule has 0 aliphatic carbocycles. The van der Waals surface area contributed by atoms with Gasteiger partial charge in [0.05, 0.1) is 0 Å². The molecule has 0 aromatic heterocycles. The van der Waals surface area contributed by atoms with Gasteiger partial charge in [0.1, 0.15) is 0 Å². The Kier molecular flexibility index (Phi) is 3.62. The van der Waals surface area contributed by atoms with Crippen molar-refractivity contribution < 1.29 is 0 Å². The van der Waals surface area contributed by atoms with Crippen molar-refractivity contribution in [2.75, 3.05) is 13.6 Å². The molecule has 2 unspecified atom stereocenters. The quantitative estimate of drug-likeness (QED) is 0.796. The number of hydrogen-bond donors (Lipinski definition) is 2. The van der Waals surface area contributed by atoms with Crippen LogP contribution < -0.4 is 10.6 Å². The van der Waals surface area contributed by atoms with E-state index in [0.717, 1.165) is 6.54 Å². The minimum absolute atomic E-state index is 0.520. The molecule has 2 N–H and O–H groups in total. The molecular formula is C14H22N2. The summed E-state index contributed by atoms with van der Waals surface area (Å²) in [4.78, 5) is 0. The van der Waals surface area contributed by atoms with E-state index < -0.39 is 0 Å². The van der Waals surface area contributed by atoms with Crippen molar-refractivity contribution in [3.63, 3.8) is 0 Å². The SMILES string of the molecule is CNC1CCNC(c2ccc(C)cc2C)C1. The van der Waals surface area contributed by atoms with Crippen LogP contribution in [0.1, 0.15) is 35.6 Å². The topological polar surface area (TPSA) is 24.1 Å². The molecular weight excluding hydrogens is 196 g/mol. The lowest BCUT2D eigenvalue weighted by atomic mass is 9.91. The van der Waals surface area contributed by atoms with Crippen molar-refractivity contribution >= 4 is 0 Å². The lowest BCUT2D eigenvalue weighted by Crippen LogP contribution is -2.40. The van der Waals surface area contributed by atoms with E-state index in [1.165, 1.54) is 29.5 Å². The molecule has 1 aliphatic rings. The highest BCUT2D eigenvalue weighted by atomic mass is 15.0. The third kappa shape index (κ3) is 2.45. The van der Waals surface area contributed by atoms with Gasteiger partial charge in [-0.05, 0) is 51.4 Å². The Hall–Kier alpha value is -0.860. The van der Waals surface area contributed by atoms with Crippen LogP contribution in [0.4, 0.5) is 0 Å². The predicted octanol–water partition coefficient (Wildman–Crippen LogP) is 2.32. The maximum atomic E-state index is 3.62. The summed E-state index contributed by atoms with van der Waals surface area (Å²) in [5.41, 5.74) is 4.22. The van der Waals surface area contributed by atoms with Crippen molar-refractivity contribution in [1.82, 2.24) is 10.6 Å². The zero-order valence-corrected chi connectivity index (χ0v) is 10.5. The van der Waals surface area contributed by atoms with Crippen LogP contribution in [0.15, 0.2) is 18.2 Å². The van der Waals surface area contributed by atoms with Gasteiger partial charge in [-0.15, -0.1) is 0 Å². The monoisotopic (exact) mass is 218 g/mol. The van der Waals surface area contributed by atoms with Gasteiger partial charge in [-0.1, -0.05) is 23.8 Å². The zero-order valence-electron chi connectivity index (χ0n) is 10.5. The average Bonchev–Trinajstić information content (AvgIpc) is 2.29. The van der Waals surface area contributed by atoms with E-state index in [1.807, 2.05) is 0 Å². The normalized spacial score (nSPS) is 25.7. The third-order valence-electron chi connectivity index (χ3n) is 3.61. The molecule has 1 aromatic rings. The molecule has 16 heavy (non-hydrogen) atoms. The van der Waals surface area contributed by atoms with Gasteiger partial charge in [0.2, 0.25) is 0 Å². The van der Waals surface area contributed by atoms with Crippen LogP contribution in [0, 0.1) is 13.8 Å². The first-order chi connectivity index (χ1) is 7.70. The second kappa shape index (κ2) is 4.98. The summed E-state index contributed by atoms with van der Waals surface area (Å²) in [5, 5.41) is 7.01. The average molecular weight is 218 g/mol. The third-order valence-corrected chi connectivity index (χ3v) is 3.61. The van der Waals surface area contributed by atoms with Crippen molar-refractivity contribution in [2.24, 2.45) is 0 Å². The number of piperidine rings is 1. The maximum absolute atomic E-state index is 3.62. The minimum Gasteiger partial charge on any atom is -0.317 e. The molecule has 1 heterocycles. The van der Waals surface area contributed by atoms with Crippen LogP contribution in [0.2, 0.25) is 0 Å². The van der Waals surface area contributed by atoms with Crippen LogP contribution in [0.3, 0.4) is 0 Å². The van der Waals surface area contributed by atoms with Crippen LogP contribution in [-0.2, 0) is 0 Å². The molecule has 1 saturated heterocycles. The smallest absolute Gasteiger partial charge is 0.0337 e. The number of aryl methyl sites for hydroxylation is 2. The summed E-state index contributed by atoms with van der Waals surface area (Å²) in [5.74, 6) is 0. The number of nitrogens with one attached hydrogen (secondary N) is 2. The second-order valence-corrected chi connectivity index (χ2v) is 4.88. The Labute approximate surface area is 98.4 Å². The van der Waals surface area contributed by atoms with Crippen LogP contribution in [0.25, 0.3) is 0 Å². The number of hydrogen-bond acceptors (Lipinski definition) is 2. The second-order valence-electron chi connectivity index (χ2n) is 4.88. The Morgan fingerprint density at radius 1 is 1.31 bits per heavy atom. The molecule has 0 spiro atoms. The summed E-state index contributed by atoms with van der Waals surface area (Å²) in [7, 11) is 2.06. The summed E-state index contributed by atoms with van der Waals surface area (Å²) in [6.45, 7) is 5.48. The maximum Gasteiger partial charge on any atom is 0.0337 e. The summed E-state index contributed by atoms with van der Waals surface area (Å²) >= 11 is 0. The fourth-order valence-electron chi connectivity index (χ4n) is 2.63. The van der Waals surface area contributed by atoms with E-state index in [0.29, 0.717) is 12.1 Å². The van der Waals surface area contributed by atoms with E-state index in [4.69, 9.17) is 0 Å². The molecule has 1 aliphatic heterocycles. The van der Waals surface area contributed by atoms with E-state index >= 15 is 0 Å². The molecule has 2 atom stereocenters. The van der Waals surface area contributed by atoms with Crippen LogP contribution >= 0.6 is 0 Å². The van der Waals surface area contributed by atoms with Crippen molar-refractivity contribution in [3.05, 3.63) is 34.9 Å². The van der Waals surface area contributed by atoms with Gasteiger partial charge < -0.3 is 10.6 Å². The highest BCUT2D eigenvalue weighted by Gasteiger charge is 2.22. The fourth-order valence-corrected chi connectivity index (χ4v) is 2.63. The molecule has 0 amide bonds. The van der Waals surface area contributed by atoms with E-state index in [9.17, 15) is 0 Å². The Balaban J connectivity index is 2.16. The van der Waals surface area contributed by atoms with Gasteiger partial charge in [0.25, 0.3) is 0 Å². The fraction of sp³-hybridized carbons (Fsp3) is 0.571. The largest absolute Gasteiger partial charge is 0.317 e. The molecule has 1 aromatic carbocycles. The van der Waals surface area contributed by atoms with E-state index in [-0.39, 0.29) is 0 Å². The van der Waals surface area contributed by atoms with Gasteiger partial charge in [0.15, 0.2) is 0 Å². The Bertz CT molecular complexity index is 360. The lowest BCUT2D eigenvalue weighted by Gasteiger charge is -2.31. The first kappa shape index (κ1) is 11.6. The van der Waals surface area contributed by atoms with Gasteiger partial charge in [-0.3, -0.25) is 0 Å². The van der Waals surface area contributed by atoms with Crippen LogP contribution in [-0.4, -0.2) is 19.6 Å². The van der Waals surface area contributed by atoms with Gasteiger partial charge in [-0.2, -0.15) is 0 Å². The van der Waals surface area contributed by atoms with Gasteiger partial charge >= 0.3 is 0 Å². The summed E-state index contributed by atoms with van der Waals surface area (Å²) in [6.07, 6.45) is 2.43. The van der Waals surface area contributed by atoms with Gasteiger partial charge in [-0.25, -0.2) is 0 Å². The molecule has 1 fully saturated rings. The number of rotatable bonds is 2. The molecule has 0 saturated carbocycles. The van der Waals surface area contributed by atoms with Crippen molar-refractivity contribution in [1.29, 1.82) is 0 Å². The molecule has 2 heteroatoms.